The van der Waals surface area contributed by atoms with Crippen LogP contribution in [0, 0.1) is 0 Å². The summed E-state index contributed by atoms with van der Waals surface area (Å²) in [5.41, 5.74) is 0. The first-order valence-electron chi connectivity index (χ1n) is 37.6. The molecule has 0 rings (SSSR count). The molecule has 6 heteroatoms. The summed E-state index contributed by atoms with van der Waals surface area (Å²) in [6.07, 6.45) is 91.0. The van der Waals surface area contributed by atoms with Crippen LogP contribution in [0.3, 0.4) is 0 Å². The lowest BCUT2D eigenvalue weighted by Crippen LogP contribution is -2.45. The van der Waals surface area contributed by atoms with Gasteiger partial charge in [0.2, 0.25) is 5.91 Å². The van der Waals surface area contributed by atoms with Gasteiger partial charge in [-0.25, -0.2) is 0 Å². The third-order valence-electron chi connectivity index (χ3n) is 17.7. The van der Waals surface area contributed by atoms with Crippen LogP contribution in [0.5, 0.6) is 0 Å². The van der Waals surface area contributed by atoms with Crippen LogP contribution in [0.15, 0.2) is 24.3 Å². The number of amides is 1. The van der Waals surface area contributed by atoms with E-state index in [1.807, 2.05) is 0 Å². The molecule has 0 saturated heterocycles. The predicted molar refractivity (Wildman–Crippen MR) is 361 cm³/mol. The molecular formula is C76H147NO5. The van der Waals surface area contributed by atoms with Crippen molar-refractivity contribution in [2.75, 3.05) is 13.2 Å². The fourth-order valence-electron chi connectivity index (χ4n) is 12.0. The molecule has 0 aliphatic heterocycles. The first-order valence-corrected chi connectivity index (χ1v) is 37.6. The van der Waals surface area contributed by atoms with Gasteiger partial charge in [-0.15, -0.1) is 0 Å². The number of nitrogens with one attached hydrogen (secondary N) is 1. The third-order valence-corrected chi connectivity index (χ3v) is 17.7. The summed E-state index contributed by atoms with van der Waals surface area (Å²) in [5.74, 6) is -0.0222. The van der Waals surface area contributed by atoms with Crippen LogP contribution in [-0.2, 0) is 14.3 Å². The molecule has 486 valence electrons. The van der Waals surface area contributed by atoms with Gasteiger partial charge < -0.3 is 20.3 Å². The highest BCUT2D eigenvalue weighted by Gasteiger charge is 2.20. The van der Waals surface area contributed by atoms with Crippen molar-refractivity contribution >= 4 is 11.9 Å². The SMILES string of the molecule is CCCCCC/C=C\CCCCCCCC(=O)OCCCCCCCCCCCCCC/C=C\CCCCCCCCCCCCCCC(=O)NC(CO)C(O)CCCCCCCCCCCCCCCCCCCCCCCCCC. The first kappa shape index (κ1) is 80.3. The van der Waals surface area contributed by atoms with Crippen molar-refractivity contribution in [1.29, 1.82) is 0 Å². The molecule has 0 bridgehead atoms. The Labute approximate surface area is 513 Å². The van der Waals surface area contributed by atoms with Crippen LogP contribution in [0.1, 0.15) is 425 Å². The van der Waals surface area contributed by atoms with Gasteiger partial charge >= 0.3 is 5.97 Å². The Morgan fingerprint density at radius 3 is 0.878 bits per heavy atom. The van der Waals surface area contributed by atoms with Crippen LogP contribution < -0.4 is 5.32 Å². The highest BCUT2D eigenvalue weighted by Crippen LogP contribution is 2.19. The van der Waals surface area contributed by atoms with Gasteiger partial charge in [-0.2, -0.15) is 0 Å². The lowest BCUT2D eigenvalue weighted by atomic mass is 10.0. The number of rotatable bonds is 71. The monoisotopic (exact) mass is 1150 g/mol. The largest absolute Gasteiger partial charge is 0.466 e. The number of aliphatic hydroxyl groups is 2. The Kier molecular flexibility index (Phi) is 70.4. The molecule has 0 saturated carbocycles. The quantitative estimate of drug-likeness (QED) is 0.0320. The van der Waals surface area contributed by atoms with E-state index in [1.165, 1.54) is 347 Å². The fraction of sp³-hybridized carbons (Fsp3) is 0.921. The molecule has 0 radical (unpaired) electrons. The van der Waals surface area contributed by atoms with Crippen LogP contribution in [0.25, 0.3) is 0 Å². The van der Waals surface area contributed by atoms with Crippen molar-refractivity contribution < 1.29 is 24.5 Å². The van der Waals surface area contributed by atoms with Gasteiger partial charge in [0.1, 0.15) is 0 Å². The number of allylic oxidation sites excluding steroid dienone is 4. The average Bonchev–Trinajstić information content (AvgIpc) is 3.48. The average molecular weight is 1160 g/mol. The summed E-state index contributed by atoms with van der Waals surface area (Å²) in [6.45, 7) is 4.98. The first-order chi connectivity index (χ1) is 40.5. The van der Waals surface area contributed by atoms with Gasteiger partial charge in [-0.3, -0.25) is 9.59 Å². The van der Waals surface area contributed by atoms with Crippen molar-refractivity contribution in [3.8, 4) is 0 Å². The molecule has 2 atom stereocenters. The molecular weight excluding hydrogens is 1010 g/mol. The van der Waals surface area contributed by atoms with Gasteiger partial charge in [-0.05, 0) is 77.0 Å². The van der Waals surface area contributed by atoms with Gasteiger partial charge in [0.25, 0.3) is 0 Å². The molecule has 2 unspecified atom stereocenters. The molecule has 0 aliphatic rings. The smallest absolute Gasteiger partial charge is 0.305 e. The summed E-state index contributed by atoms with van der Waals surface area (Å²) in [4.78, 5) is 24.6. The molecule has 0 aliphatic carbocycles. The van der Waals surface area contributed by atoms with Gasteiger partial charge in [0.15, 0.2) is 0 Å². The second-order valence-electron chi connectivity index (χ2n) is 26.0. The molecule has 0 aromatic carbocycles. The van der Waals surface area contributed by atoms with Gasteiger partial charge in [0, 0.05) is 12.8 Å². The number of carbonyl (C=O) groups is 2. The highest BCUT2D eigenvalue weighted by atomic mass is 16.5. The van der Waals surface area contributed by atoms with E-state index in [1.54, 1.807) is 0 Å². The Bertz CT molecular complexity index is 1280. The van der Waals surface area contributed by atoms with E-state index in [-0.39, 0.29) is 18.5 Å². The second-order valence-corrected chi connectivity index (χ2v) is 26.0. The number of hydrogen-bond acceptors (Lipinski definition) is 5. The lowest BCUT2D eigenvalue weighted by Gasteiger charge is -2.22. The Morgan fingerprint density at radius 2 is 0.573 bits per heavy atom. The normalized spacial score (nSPS) is 12.6. The maximum atomic E-state index is 12.6. The van der Waals surface area contributed by atoms with Gasteiger partial charge in [0.05, 0.1) is 25.4 Å². The van der Waals surface area contributed by atoms with Crippen LogP contribution in [0.4, 0.5) is 0 Å². The summed E-state index contributed by atoms with van der Waals surface area (Å²) in [6, 6.07) is -0.543. The summed E-state index contributed by atoms with van der Waals surface area (Å²) < 4.78 is 5.48. The minimum atomic E-state index is -0.666. The van der Waals surface area contributed by atoms with Crippen molar-refractivity contribution in [2.45, 2.75) is 437 Å². The standard InChI is InChI=1S/C76H147NO5/c1-3-5-7-9-11-13-15-17-18-19-20-21-22-29-32-35-38-41-45-48-52-56-60-64-68-74(79)73(72-78)77-75(80)69-65-61-57-53-49-46-42-39-36-33-30-27-25-23-24-26-28-31-34-37-40-43-47-51-55-59-63-67-71-82-76(81)70-66-62-58-54-50-44-16-14-12-10-8-6-4-2/h14,16,23-24,73-74,78-79H,3-13,15,17-22,25-72H2,1-2H3,(H,77,80)/b16-14-,24-23-. The minimum Gasteiger partial charge on any atom is -0.466 e. The summed E-state index contributed by atoms with van der Waals surface area (Å²) in [5, 5.41) is 23.5. The van der Waals surface area contributed by atoms with Crippen LogP contribution in [-0.4, -0.2) is 47.4 Å². The molecule has 3 N–H and O–H groups in total. The van der Waals surface area contributed by atoms with Crippen molar-refractivity contribution in [3.05, 3.63) is 24.3 Å². The van der Waals surface area contributed by atoms with Crippen molar-refractivity contribution in [2.24, 2.45) is 0 Å². The van der Waals surface area contributed by atoms with E-state index in [9.17, 15) is 19.8 Å². The lowest BCUT2D eigenvalue weighted by molar-refractivity contribution is -0.143. The van der Waals surface area contributed by atoms with Crippen LogP contribution in [0.2, 0.25) is 0 Å². The van der Waals surface area contributed by atoms with E-state index in [2.05, 4.69) is 43.5 Å². The Balaban J connectivity index is 3.38. The Hall–Kier alpha value is -1.66. The molecule has 0 aromatic heterocycles. The van der Waals surface area contributed by atoms with E-state index in [4.69, 9.17) is 4.74 Å². The molecule has 0 heterocycles. The molecule has 0 aromatic rings. The molecule has 82 heavy (non-hydrogen) atoms. The van der Waals surface area contributed by atoms with Crippen molar-refractivity contribution in [3.63, 3.8) is 0 Å². The van der Waals surface area contributed by atoms with E-state index >= 15 is 0 Å². The maximum absolute atomic E-state index is 12.6. The minimum absolute atomic E-state index is 0.00745. The van der Waals surface area contributed by atoms with E-state index < -0.39 is 12.1 Å². The number of ether oxygens (including phenoxy) is 1. The molecule has 1 amide bonds. The molecule has 6 nitrogen and oxygen atoms in total. The fourth-order valence-corrected chi connectivity index (χ4v) is 12.0. The Morgan fingerprint density at radius 1 is 0.329 bits per heavy atom. The number of hydrogen-bond donors (Lipinski definition) is 3. The zero-order valence-electron chi connectivity index (χ0n) is 55.8. The number of unbranched alkanes of at least 4 members (excludes halogenated alkanes) is 56. The van der Waals surface area contributed by atoms with Crippen molar-refractivity contribution in [1.82, 2.24) is 5.32 Å². The number of aliphatic hydroxyl groups excluding tert-OH is 2. The zero-order valence-corrected chi connectivity index (χ0v) is 55.8. The molecule has 0 fully saturated rings. The topological polar surface area (TPSA) is 95.9 Å². The maximum Gasteiger partial charge on any atom is 0.305 e. The summed E-state index contributed by atoms with van der Waals surface area (Å²) in [7, 11) is 0. The van der Waals surface area contributed by atoms with Gasteiger partial charge in [-0.1, -0.05) is 359 Å². The highest BCUT2D eigenvalue weighted by molar-refractivity contribution is 5.76. The van der Waals surface area contributed by atoms with E-state index in [0.29, 0.717) is 25.9 Å². The molecule has 0 spiro atoms. The third kappa shape index (κ3) is 67.5. The second kappa shape index (κ2) is 71.8. The van der Waals surface area contributed by atoms with Crippen LogP contribution >= 0.6 is 0 Å². The summed E-state index contributed by atoms with van der Waals surface area (Å²) >= 11 is 0. The van der Waals surface area contributed by atoms with E-state index in [0.717, 1.165) is 44.9 Å². The number of carbonyl (C=O) groups excluding carboxylic acids is 2. The number of esters is 1. The zero-order chi connectivity index (χ0) is 59.2. The predicted octanol–water partition coefficient (Wildman–Crippen LogP) is 24.5.